The zero-order chi connectivity index (χ0) is 19.0. The van der Waals surface area contributed by atoms with E-state index in [-0.39, 0.29) is 11.3 Å². The van der Waals surface area contributed by atoms with Gasteiger partial charge in [0.2, 0.25) is 11.9 Å². The Labute approximate surface area is 166 Å². The number of aromatic nitrogens is 2. The van der Waals surface area contributed by atoms with Crippen LogP contribution in [0.4, 0.5) is 5.95 Å². The van der Waals surface area contributed by atoms with Crippen LogP contribution < -0.4 is 10.2 Å². The second kappa shape index (κ2) is 7.19. The molecule has 2 fully saturated rings. The summed E-state index contributed by atoms with van der Waals surface area (Å²) < 4.78 is 0. The topological polar surface area (TPSA) is 58.1 Å². The van der Waals surface area contributed by atoms with Gasteiger partial charge in [0, 0.05) is 37.9 Å². The summed E-state index contributed by atoms with van der Waals surface area (Å²) in [6, 6.07) is 11.1. The Morgan fingerprint density at radius 3 is 2.57 bits per heavy atom. The number of carbonyl (C=O) groups excluding carboxylic acids is 1. The third-order valence-corrected chi connectivity index (χ3v) is 7.07. The maximum Gasteiger partial charge on any atom is 0.225 e. The molecule has 1 aromatic carbocycles. The SMILES string of the molecule is O=C(CC1CC2(CCN(c3ncccn3)CC2)c2ccccc21)NC1CCC1. The van der Waals surface area contributed by atoms with Crippen LogP contribution in [0.1, 0.15) is 62.0 Å². The Kier molecular flexibility index (Phi) is 4.53. The predicted octanol–water partition coefficient (Wildman–Crippen LogP) is 3.56. The summed E-state index contributed by atoms with van der Waals surface area (Å²) in [6.45, 7) is 1.94. The molecule has 146 valence electrons. The third-order valence-electron chi connectivity index (χ3n) is 7.07. The number of nitrogens with zero attached hydrogens (tertiary/aromatic N) is 3. The minimum absolute atomic E-state index is 0.198. The van der Waals surface area contributed by atoms with Crippen molar-refractivity contribution in [2.24, 2.45) is 0 Å². The summed E-state index contributed by atoms with van der Waals surface area (Å²) >= 11 is 0. The van der Waals surface area contributed by atoms with Crippen LogP contribution in [0.15, 0.2) is 42.7 Å². The van der Waals surface area contributed by atoms with E-state index >= 15 is 0 Å². The van der Waals surface area contributed by atoms with E-state index in [0.717, 1.165) is 51.1 Å². The Hall–Kier alpha value is -2.43. The molecule has 1 unspecified atom stereocenters. The van der Waals surface area contributed by atoms with Crippen LogP contribution in [-0.2, 0) is 10.2 Å². The van der Waals surface area contributed by atoms with Crippen molar-refractivity contribution in [2.75, 3.05) is 18.0 Å². The molecule has 3 aliphatic rings. The number of piperidine rings is 1. The molecule has 1 spiro atoms. The summed E-state index contributed by atoms with van der Waals surface area (Å²) in [6.07, 6.45) is 11.1. The number of hydrogen-bond acceptors (Lipinski definition) is 4. The molecular formula is C23H28N4O. The van der Waals surface area contributed by atoms with E-state index in [0.29, 0.717) is 18.4 Å². The molecule has 2 heterocycles. The van der Waals surface area contributed by atoms with Crippen LogP contribution in [0.3, 0.4) is 0 Å². The molecule has 0 radical (unpaired) electrons. The maximum absolute atomic E-state index is 12.6. The van der Waals surface area contributed by atoms with E-state index in [4.69, 9.17) is 0 Å². The fourth-order valence-corrected chi connectivity index (χ4v) is 5.34. The van der Waals surface area contributed by atoms with Crippen LogP contribution in [0.2, 0.25) is 0 Å². The van der Waals surface area contributed by atoms with E-state index in [1.54, 1.807) is 0 Å². The molecular weight excluding hydrogens is 348 g/mol. The second-order valence-electron chi connectivity index (χ2n) is 8.70. The van der Waals surface area contributed by atoms with Gasteiger partial charge in [-0.1, -0.05) is 24.3 Å². The number of carbonyl (C=O) groups is 1. The molecule has 1 amide bonds. The van der Waals surface area contributed by atoms with E-state index in [2.05, 4.69) is 44.5 Å². The van der Waals surface area contributed by atoms with Gasteiger partial charge in [-0.05, 0) is 67.1 Å². The average molecular weight is 377 g/mol. The highest BCUT2D eigenvalue weighted by atomic mass is 16.1. The Bertz CT molecular complexity index is 841. The first kappa shape index (κ1) is 17.7. The van der Waals surface area contributed by atoms with E-state index in [1.165, 1.54) is 17.5 Å². The highest BCUT2D eigenvalue weighted by molar-refractivity contribution is 5.77. The molecule has 5 rings (SSSR count). The Morgan fingerprint density at radius 1 is 1.11 bits per heavy atom. The first-order chi connectivity index (χ1) is 13.7. The van der Waals surface area contributed by atoms with E-state index in [9.17, 15) is 4.79 Å². The van der Waals surface area contributed by atoms with Crippen LogP contribution in [-0.4, -0.2) is 35.0 Å². The lowest BCUT2D eigenvalue weighted by atomic mass is 9.73. The third kappa shape index (κ3) is 3.17. The van der Waals surface area contributed by atoms with Crippen molar-refractivity contribution in [2.45, 2.75) is 62.3 Å². The van der Waals surface area contributed by atoms with Crippen molar-refractivity contribution >= 4 is 11.9 Å². The fraction of sp³-hybridized carbons (Fsp3) is 0.522. The average Bonchev–Trinajstić information content (AvgIpc) is 2.99. The number of hydrogen-bond donors (Lipinski definition) is 1. The minimum atomic E-state index is 0.198. The number of benzene rings is 1. The molecule has 1 atom stereocenters. The summed E-state index contributed by atoms with van der Waals surface area (Å²) in [4.78, 5) is 23.7. The lowest BCUT2D eigenvalue weighted by molar-refractivity contribution is -0.122. The van der Waals surface area contributed by atoms with Crippen LogP contribution in [0.25, 0.3) is 0 Å². The van der Waals surface area contributed by atoms with Crippen LogP contribution in [0.5, 0.6) is 0 Å². The molecule has 1 aromatic heterocycles. The summed E-state index contributed by atoms with van der Waals surface area (Å²) in [5, 5.41) is 3.23. The Balaban J connectivity index is 1.31. The highest BCUT2D eigenvalue weighted by Gasteiger charge is 2.46. The number of rotatable bonds is 4. The lowest BCUT2D eigenvalue weighted by Crippen LogP contribution is -2.42. The van der Waals surface area contributed by atoms with Crippen molar-refractivity contribution in [1.29, 1.82) is 0 Å². The zero-order valence-corrected chi connectivity index (χ0v) is 16.3. The minimum Gasteiger partial charge on any atom is -0.353 e. The first-order valence-electron chi connectivity index (χ1n) is 10.6. The van der Waals surface area contributed by atoms with Crippen molar-refractivity contribution in [3.05, 3.63) is 53.9 Å². The quantitative estimate of drug-likeness (QED) is 0.886. The fourth-order valence-electron chi connectivity index (χ4n) is 5.34. The van der Waals surface area contributed by atoms with Gasteiger partial charge >= 0.3 is 0 Å². The monoisotopic (exact) mass is 376 g/mol. The van der Waals surface area contributed by atoms with Crippen molar-refractivity contribution < 1.29 is 4.79 Å². The highest BCUT2D eigenvalue weighted by Crippen LogP contribution is 2.52. The molecule has 0 bridgehead atoms. The smallest absolute Gasteiger partial charge is 0.225 e. The summed E-state index contributed by atoms with van der Waals surface area (Å²) in [7, 11) is 0. The molecule has 2 aromatic rings. The van der Waals surface area contributed by atoms with E-state index < -0.39 is 0 Å². The lowest BCUT2D eigenvalue weighted by Gasteiger charge is -2.40. The zero-order valence-electron chi connectivity index (χ0n) is 16.3. The number of nitrogens with one attached hydrogen (secondary N) is 1. The van der Waals surface area contributed by atoms with Crippen molar-refractivity contribution in [3.8, 4) is 0 Å². The first-order valence-corrected chi connectivity index (χ1v) is 10.6. The van der Waals surface area contributed by atoms with Gasteiger partial charge in [-0.2, -0.15) is 0 Å². The molecule has 28 heavy (non-hydrogen) atoms. The van der Waals surface area contributed by atoms with Crippen LogP contribution in [0, 0.1) is 0 Å². The number of amides is 1. The number of fused-ring (bicyclic) bond motifs is 2. The van der Waals surface area contributed by atoms with Crippen LogP contribution >= 0.6 is 0 Å². The molecule has 2 aliphatic carbocycles. The standard InChI is InChI=1S/C23H28N4O/c28-21(26-18-5-3-6-18)15-17-16-23(20-8-2-1-7-19(17)20)9-13-27(14-10-23)22-24-11-4-12-25-22/h1-2,4,7-8,11-12,17-18H,3,5-6,9-10,13-16H2,(H,26,28). The Morgan fingerprint density at radius 2 is 1.86 bits per heavy atom. The van der Waals surface area contributed by atoms with Gasteiger partial charge in [0.25, 0.3) is 0 Å². The molecule has 5 nitrogen and oxygen atoms in total. The molecule has 5 heteroatoms. The van der Waals surface area contributed by atoms with Gasteiger partial charge in [0.1, 0.15) is 0 Å². The van der Waals surface area contributed by atoms with Gasteiger partial charge < -0.3 is 10.2 Å². The molecule has 1 aliphatic heterocycles. The van der Waals surface area contributed by atoms with Crippen molar-refractivity contribution in [3.63, 3.8) is 0 Å². The van der Waals surface area contributed by atoms with Gasteiger partial charge in [-0.15, -0.1) is 0 Å². The van der Waals surface area contributed by atoms with Gasteiger partial charge in [-0.3, -0.25) is 4.79 Å². The predicted molar refractivity (Wildman–Crippen MR) is 109 cm³/mol. The van der Waals surface area contributed by atoms with Gasteiger partial charge in [-0.25, -0.2) is 9.97 Å². The molecule has 1 saturated heterocycles. The molecule has 1 saturated carbocycles. The maximum atomic E-state index is 12.6. The number of anilines is 1. The summed E-state index contributed by atoms with van der Waals surface area (Å²) in [5.74, 6) is 1.41. The molecule has 1 N–H and O–H groups in total. The van der Waals surface area contributed by atoms with Gasteiger partial charge in [0.15, 0.2) is 0 Å². The second-order valence-corrected chi connectivity index (χ2v) is 8.70. The van der Waals surface area contributed by atoms with Gasteiger partial charge in [0.05, 0.1) is 0 Å². The largest absolute Gasteiger partial charge is 0.353 e. The van der Waals surface area contributed by atoms with Crippen molar-refractivity contribution in [1.82, 2.24) is 15.3 Å². The van der Waals surface area contributed by atoms with E-state index in [1.807, 2.05) is 18.5 Å². The summed E-state index contributed by atoms with van der Waals surface area (Å²) in [5.41, 5.74) is 3.07. The normalized spacial score (nSPS) is 23.3.